The van der Waals surface area contributed by atoms with Crippen molar-refractivity contribution in [3.8, 4) is 0 Å². The van der Waals surface area contributed by atoms with E-state index in [1.54, 1.807) is 4.90 Å². The maximum Gasteiger partial charge on any atom is 0.321 e. The van der Waals surface area contributed by atoms with Crippen LogP contribution >= 0.6 is 11.3 Å². The Morgan fingerprint density at radius 2 is 1.72 bits per heavy atom. The lowest BCUT2D eigenvalue weighted by Gasteiger charge is -2.32. The van der Waals surface area contributed by atoms with E-state index in [1.165, 1.54) is 35.6 Å². The van der Waals surface area contributed by atoms with Crippen molar-refractivity contribution in [1.82, 2.24) is 15.5 Å². The van der Waals surface area contributed by atoms with Crippen molar-refractivity contribution in [1.29, 1.82) is 0 Å². The van der Waals surface area contributed by atoms with Gasteiger partial charge in [-0.3, -0.25) is 9.59 Å². The summed E-state index contributed by atoms with van der Waals surface area (Å²) in [6.45, 7) is 1.84. The molecule has 9 heteroatoms. The first kappa shape index (κ1) is 20.8. The quantitative estimate of drug-likeness (QED) is 0.652. The molecule has 1 aromatic heterocycles. The number of thiophene rings is 1. The number of benzene rings is 1. The van der Waals surface area contributed by atoms with Crippen LogP contribution in [0.3, 0.4) is 0 Å². The van der Waals surface area contributed by atoms with Gasteiger partial charge in [0.1, 0.15) is 5.82 Å². The standard InChI is InChI=1S/C20H23FN4O3S/c21-16-1-3-17(4-2-16)24-20(28)25-8-5-14(6-9-25)11-22-18(26)19(27)23-12-15-7-10-29-13-15/h1-4,7,10,13-14H,5-6,8-9,11-12H2,(H,22,26)(H,23,27)(H,24,28). The van der Waals surface area contributed by atoms with Crippen molar-refractivity contribution in [3.63, 3.8) is 0 Å². The molecule has 1 fully saturated rings. The molecule has 3 rings (SSSR count). The summed E-state index contributed by atoms with van der Waals surface area (Å²) in [5.41, 5.74) is 1.50. The van der Waals surface area contributed by atoms with Crippen molar-refractivity contribution < 1.29 is 18.8 Å². The van der Waals surface area contributed by atoms with Crippen LogP contribution in [0.4, 0.5) is 14.9 Å². The second-order valence-corrected chi connectivity index (χ2v) is 7.67. The molecule has 3 N–H and O–H groups in total. The van der Waals surface area contributed by atoms with Crippen LogP contribution in [0.5, 0.6) is 0 Å². The molecular formula is C20H23FN4O3S. The highest BCUT2D eigenvalue weighted by Gasteiger charge is 2.24. The minimum absolute atomic E-state index is 0.207. The Kier molecular flexibility index (Phi) is 7.18. The molecule has 0 saturated carbocycles. The molecule has 0 aliphatic carbocycles. The van der Waals surface area contributed by atoms with Crippen molar-refractivity contribution in [2.24, 2.45) is 5.92 Å². The maximum atomic E-state index is 12.9. The SMILES string of the molecule is O=C(NCc1ccsc1)C(=O)NCC1CCN(C(=O)Nc2ccc(F)cc2)CC1. The third kappa shape index (κ3) is 6.28. The second-order valence-electron chi connectivity index (χ2n) is 6.89. The summed E-state index contributed by atoms with van der Waals surface area (Å²) in [6.07, 6.45) is 1.46. The fourth-order valence-corrected chi connectivity index (χ4v) is 3.72. The number of carbonyl (C=O) groups is 3. The Balaban J connectivity index is 1.34. The van der Waals surface area contributed by atoms with Gasteiger partial charge in [-0.1, -0.05) is 0 Å². The summed E-state index contributed by atoms with van der Waals surface area (Å²) in [5, 5.41) is 11.8. The van der Waals surface area contributed by atoms with Crippen LogP contribution in [-0.4, -0.2) is 42.4 Å². The van der Waals surface area contributed by atoms with E-state index < -0.39 is 11.8 Å². The van der Waals surface area contributed by atoms with Crippen LogP contribution in [0.1, 0.15) is 18.4 Å². The lowest BCUT2D eigenvalue weighted by Crippen LogP contribution is -2.45. The predicted octanol–water partition coefficient (Wildman–Crippen LogP) is 2.56. The van der Waals surface area contributed by atoms with Gasteiger partial charge in [-0.15, -0.1) is 0 Å². The van der Waals surface area contributed by atoms with E-state index in [0.29, 0.717) is 31.9 Å². The van der Waals surface area contributed by atoms with Gasteiger partial charge in [0, 0.05) is 31.9 Å². The zero-order valence-electron chi connectivity index (χ0n) is 15.8. The Labute approximate surface area is 172 Å². The molecule has 1 aliphatic heterocycles. The number of nitrogens with one attached hydrogen (secondary N) is 3. The first-order chi connectivity index (χ1) is 14.0. The topological polar surface area (TPSA) is 90.5 Å². The minimum atomic E-state index is -0.646. The Hall–Kier alpha value is -2.94. The molecule has 7 nitrogen and oxygen atoms in total. The number of urea groups is 1. The van der Waals surface area contributed by atoms with Crippen molar-refractivity contribution in [2.45, 2.75) is 19.4 Å². The first-order valence-corrected chi connectivity index (χ1v) is 10.3. The van der Waals surface area contributed by atoms with Gasteiger partial charge in [0.05, 0.1) is 0 Å². The van der Waals surface area contributed by atoms with Gasteiger partial charge < -0.3 is 20.9 Å². The number of carbonyl (C=O) groups excluding carboxylic acids is 3. The molecule has 0 spiro atoms. The molecule has 4 amide bonds. The number of hydrogen-bond donors (Lipinski definition) is 3. The Morgan fingerprint density at radius 1 is 1.03 bits per heavy atom. The lowest BCUT2D eigenvalue weighted by molar-refractivity contribution is -0.139. The summed E-state index contributed by atoms with van der Waals surface area (Å²) >= 11 is 1.53. The highest BCUT2D eigenvalue weighted by Crippen LogP contribution is 2.18. The van der Waals surface area contributed by atoms with E-state index >= 15 is 0 Å². The van der Waals surface area contributed by atoms with E-state index in [4.69, 9.17) is 0 Å². The smallest absolute Gasteiger partial charge is 0.321 e. The van der Waals surface area contributed by atoms with Crippen LogP contribution in [0, 0.1) is 11.7 Å². The summed E-state index contributed by atoms with van der Waals surface area (Å²) in [7, 11) is 0. The predicted molar refractivity (Wildman–Crippen MR) is 109 cm³/mol. The highest BCUT2D eigenvalue weighted by atomic mass is 32.1. The number of nitrogens with zero attached hydrogens (tertiary/aromatic N) is 1. The highest BCUT2D eigenvalue weighted by molar-refractivity contribution is 7.07. The van der Waals surface area contributed by atoms with Gasteiger partial charge in [-0.05, 0) is 65.4 Å². The molecule has 0 radical (unpaired) electrons. The largest absolute Gasteiger partial charge is 0.348 e. The van der Waals surface area contributed by atoms with E-state index in [2.05, 4.69) is 16.0 Å². The molecule has 0 bridgehead atoms. The molecular weight excluding hydrogens is 395 g/mol. The first-order valence-electron chi connectivity index (χ1n) is 9.40. The van der Waals surface area contributed by atoms with Gasteiger partial charge in [0.25, 0.3) is 0 Å². The molecule has 154 valence electrons. The molecule has 1 aromatic carbocycles. The van der Waals surface area contributed by atoms with E-state index in [9.17, 15) is 18.8 Å². The Bertz CT molecular complexity index is 834. The second kappa shape index (κ2) is 10.0. The van der Waals surface area contributed by atoms with E-state index in [-0.39, 0.29) is 17.8 Å². The zero-order chi connectivity index (χ0) is 20.6. The monoisotopic (exact) mass is 418 g/mol. The van der Waals surface area contributed by atoms with Gasteiger partial charge in [-0.2, -0.15) is 11.3 Å². The molecule has 29 heavy (non-hydrogen) atoms. The van der Waals surface area contributed by atoms with Crippen molar-refractivity contribution in [2.75, 3.05) is 25.0 Å². The normalized spacial score (nSPS) is 14.3. The van der Waals surface area contributed by atoms with Crippen LogP contribution in [-0.2, 0) is 16.1 Å². The average Bonchev–Trinajstić information content (AvgIpc) is 3.26. The number of likely N-dealkylation sites (tertiary alicyclic amines) is 1. The van der Waals surface area contributed by atoms with Crippen LogP contribution in [0.15, 0.2) is 41.1 Å². The minimum Gasteiger partial charge on any atom is -0.348 e. The summed E-state index contributed by atoms with van der Waals surface area (Å²) in [5.74, 6) is -1.44. The van der Waals surface area contributed by atoms with Crippen LogP contribution in [0.2, 0.25) is 0 Å². The number of halogens is 1. The Morgan fingerprint density at radius 3 is 2.38 bits per heavy atom. The third-order valence-electron chi connectivity index (χ3n) is 4.79. The number of amides is 4. The average molecular weight is 418 g/mol. The fourth-order valence-electron chi connectivity index (χ4n) is 3.05. The zero-order valence-corrected chi connectivity index (χ0v) is 16.6. The lowest BCUT2D eigenvalue weighted by atomic mass is 9.97. The summed E-state index contributed by atoms with van der Waals surface area (Å²) < 4.78 is 12.9. The third-order valence-corrected chi connectivity index (χ3v) is 5.52. The van der Waals surface area contributed by atoms with Crippen molar-refractivity contribution in [3.05, 3.63) is 52.5 Å². The summed E-state index contributed by atoms with van der Waals surface area (Å²) in [4.78, 5) is 37.7. The van der Waals surface area contributed by atoms with Crippen LogP contribution < -0.4 is 16.0 Å². The summed E-state index contributed by atoms with van der Waals surface area (Å²) in [6, 6.07) is 7.27. The molecule has 1 aliphatic rings. The molecule has 2 heterocycles. The molecule has 0 atom stereocenters. The number of rotatable bonds is 5. The van der Waals surface area contributed by atoms with Crippen LogP contribution in [0.25, 0.3) is 0 Å². The molecule has 2 aromatic rings. The number of anilines is 1. The van der Waals surface area contributed by atoms with Gasteiger partial charge in [0.15, 0.2) is 0 Å². The van der Waals surface area contributed by atoms with Gasteiger partial charge >= 0.3 is 17.8 Å². The number of piperidine rings is 1. The maximum absolute atomic E-state index is 12.9. The number of hydrogen-bond acceptors (Lipinski definition) is 4. The van der Waals surface area contributed by atoms with Crippen molar-refractivity contribution >= 4 is 34.9 Å². The van der Waals surface area contributed by atoms with Gasteiger partial charge in [0.2, 0.25) is 0 Å². The van der Waals surface area contributed by atoms with E-state index in [1.807, 2.05) is 16.8 Å². The fraction of sp³-hybridized carbons (Fsp3) is 0.350. The molecule has 0 unspecified atom stereocenters. The molecule has 1 saturated heterocycles. The van der Waals surface area contributed by atoms with Gasteiger partial charge in [-0.25, -0.2) is 9.18 Å². The van der Waals surface area contributed by atoms with E-state index in [0.717, 1.165) is 18.4 Å².